The molecule has 6 heteroatoms. The van der Waals surface area contributed by atoms with Crippen molar-refractivity contribution in [3.05, 3.63) is 21.9 Å². The summed E-state index contributed by atoms with van der Waals surface area (Å²) in [5.74, 6) is 0.471. The molecule has 0 bridgehead atoms. The molecule has 0 saturated carbocycles. The lowest BCUT2D eigenvalue weighted by Gasteiger charge is -2.27. The van der Waals surface area contributed by atoms with Crippen LogP contribution in [0.2, 0.25) is 0 Å². The second kappa shape index (κ2) is 5.86. The summed E-state index contributed by atoms with van der Waals surface area (Å²) in [6, 6.07) is 1.29. The first kappa shape index (κ1) is 13.6. The largest absolute Gasteiger partial charge is 0.493 e. The maximum absolute atomic E-state index is 13.8. The van der Waals surface area contributed by atoms with E-state index in [4.69, 9.17) is 14.2 Å². The number of rotatable bonds is 3. The van der Waals surface area contributed by atoms with Crippen LogP contribution in [0.25, 0.3) is 0 Å². The zero-order valence-corrected chi connectivity index (χ0v) is 11.8. The van der Waals surface area contributed by atoms with Gasteiger partial charge in [-0.25, -0.2) is 4.39 Å². The number of nitrogens with one attached hydrogen (secondary N) is 1. The molecule has 1 aliphatic rings. The molecule has 0 aliphatic carbocycles. The van der Waals surface area contributed by atoms with Crippen molar-refractivity contribution in [3.8, 4) is 11.5 Å². The molecule has 0 spiro atoms. The predicted octanol–water partition coefficient (Wildman–Crippen LogP) is 2.27. The quantitative estimate of drug-likeness (QED) is 0.927. The lowest BCUT2D eigenvalue weighted by molar-refractivity contribution is 0.0253. The molecule has 0 aromatic heterocycles. The van der Waals surface area contributed by atoms with Gasteiger partial charge < -0.3 is 19.5 Å². The number of hydrogen-bond acceptors (Lipinski definition) is 4. The second-order valence-corrected chi connectivity index (χ2v) is 4.68. The van der Waals surface area contributed by atoms with Gasteiger partial charge in [-0.1, -0.05) is 0 Å². The lowest BCUT2D eigenvalue weighted by atomic mass is 10.1. The highest BCUT2D eigenvalue weighted by molar-refractivity contribution is 9.10. The molecule has 1 N–H and O–H groups in total. The van der Waals surface area contributed by atoms with E-state index in [1.54, 1.807) is 0 Å². The van der Waals surface area contributed by atoms with Crippen LogP contribution in [-0.2, 0) is 4.74 Å². The van der Waals surface area contributed by atoms with E-state index < -0.39 is 5.82 Å². The third-order valence-electron chi connectivity index (χ3n) is 2.85. The normalized spacial score (nSPS) is 19.7. The van der Waals surface area contributed by atoms with E-state index in [9.17, 15) is 4.39 Å². The Labute approximate surface area is 114 Å². The minimum Gasteiger partial charge on any atom is -0.493 e. The standard InChI is InChI=1S/C12H15BrFNO3/c1-16-8-5-7(14)11(13)10(12(8)17-2)9-6-15-3-4-18-9/h5,9,15H,3-4,6H2,1-2H3. The summed E-state index contributed by atoms with van der Waals surface area (Å²) >= 11 is 3.25. The minimum absolute atomic E-state index is 0.257. The first-order valence-electron chi connectivity index (χ1n) is 5.61. The van der Waals surface area contributed by atoms with Gasteiger partial charge in [0.1, 0.15) is 5.82 Å². The van der Waals surface area contributed by atoms with E-state index in [2.05, 4.69) is 21.2 Å². The van der Waals surface area contributed by atoms with Crippen LogP contribution in [0.1, 0.15) is 11.7 Å². The van der Waals surface area contributed by atoms with Crippen molar-refractivity contribution in [2.24, 2.45) is 0 Å². The van der Waals surface area contributed by atoms with Crippen molar-refractivity contribution in [2.75, 3.05) is 33.9 Å². The highest BCUT2D eigenvalue weighted by Crippen LogP contribution is 2.42. The zero-order valence-electron chi connectivity index (χ0n) is 10.3. The highest BCUT2D eigenvalue weighted by Gasteiger charge is 2.27. The average molecular weight is 320 g/mol. The van der Waals surface area contributed by atoms with Crippen molar-refractivity contribution in [1.29, 1.82) is 0 Å². The summed E-state index contributed by atoms with van der Waals surface area (Å²) < 4.78 is 30.3. The van der Waals surface area contributed by atoms with Gasteiger partial charge in [0, 0.05) is 24.7 Å². The molecule has 1 aliphatic heterocycles. The number of halogens is 2. The van der Waals surface area contributed by atoms with Gasteiger partial charge >= 0.3 is 0 Å². The van der Waals surface area contributed by atoms with Crippen LogP contribution >= 0.6 is 15.9 Å². The molecule has 1 atom stereocenters. The molecule has 18 heavy (non-hydrogen) atoms. The molecule has 2 rings (SSSR count). The van der Waals surface area contributed by atoms with E-state index in [0.29, 0.717) is 34.7 Å². The topological polar surface area (TPSA) is 39.7 Å². The molecule has 0 radical (unpaired) electrons. The van der Waals surface area contributed by atoms with Crippen molar-refractivity contribution < 1.29 is 18.6 Å². The SMILES string of the molecule is COc1cc(F)c(Br)c(C2CNCCO2)c1OC. The van der Waals surface area contributed by atoms with Crippen molar-refractivity contribution in [3.63, 3.8) is 0 Å². The van der Waals surface area contributed by atoms with E-state index in [1.807, 2.05) is 0 Å². The van der Waals surface area contributed by atoms with E-state index in [0.717, 1.165) is 6.54 Å². The minimum atomic E-state index is -0.392. The Morgan fingerprint density at radius 3 is 2.78 bits per heavy atom. The summed E-state index contributed by atoms with van der Waals surface area (Å²) in [4.78, 5) is 0. The smallest absolute Gasteiger partial charge is 0.167 e. The molecule has 1 fully saturated rings. The van der Waals surface area contributed by atoms with Crippen molar-refractivity contribution in [1.82, 2.24) is 5.32 Å². The van der Waals surface area contributed by atoms with Crippen molar-refractivity contribution in [2.45, 2.75) is 6.10 Å². The Kier molecular flexibility index (Phi) is 4.42. The van der Waals surface area contributed by atoms with Gasteiger partial charge in [0.15, 0.2) is 11.5 Å². The Hall–Kier alpha value is -0.850. The first-order valence-corrected chi connectivity index (χ1v) is 6.40. The van der Waals surface area contributed by atoms with Crippen LogP contribution in [-0.4, -0.2) is 33.9 Å². The fourth-order valence-electron chi connectivity index (χ4n) is 2.01. The molecule has 1 saturated heterocycles. The molecule has 1 heterocycles. The Morgan fingerprint density at radius 2 is 2.22 bits per heavy atom. The monoisotopic (exact) mass is 319 g/mol. The zero-order chi connectivity index (χ0) is 13.1. The number of morpholine rings is 1. The molecule has 1 aromatic carbocycles. The van der Waals surface area contributed by atoms with Crippen LogP contribution in [0.5, 0.6) is 11.5 Å². The van der Waals surface area contributed by atoms with Crippen molar-refractivity contribution >= 4 is 15.9 Å². The number of benzene rings is 1. The van der Waals surface area contributed by atoms with Gasteiger partial charge in [-0.05, 0) is 15.9 Å². The average Bonchev–Trinajstić information content (AvgIpc) is 2.42. The number of methoxy groups -OCH3 is 2. The van der Waals surface area contributed by atoms with Crippen LogP contribution in [0.4, 0.5) is 4.39 Å². The summed E-state index contributed by atoms with van der Waals surface area (Å²) in [6.07, 6.45) is -0.257. The van der Waals surface area contributed by atoms with Crippen LogP contribution in [0, 0.1) is 5.82 Å². The Balaban J connectivity index is 2.51. The molecule has 100 valence electrons. The summed E-state index contributed by atoms with van der Waals surface area (Å²) in [5, 5.41) is 3.20. The van der Waals surface area contributed by atoms with Gasteiger partial charge in [-0.3, -0.25) is 0 Å². The lowest BCUT2D eigenvalue weighted by Crippen LogP contribution is -2.33. The second-order valence-electron chi connectivity index (χ2n) is 3.89. The number of ether oxygens (including phenoxy) is 3. The molecule has 4 nitrogen and oxygen atoms in total. The molecule has 1 aromatic rings. The first-order chi connectivity index (χ1) is 8.69. The summed E-state index contributed by atoms with van der Waals surface area (Å²) in [7, 11) is 3.01. The fraction of sp³-hybridized carbons (Fsp3) is 0.500. The summed E-state index contributed by atoms with van der Waals surface area (Å²) in [6.45, 7) is 1.99. The van der Waals surface area contributed by atoms with Gasteiger partial charge in [-0.2, -0.15) is 0 Å². The third-order valence-corrected chi connectivity index (χ3v) is 3.65. The van der Waals surface area contributed by atoms with E-state index >= 15 is 0 Å². The fourth-order valence-corrected chi connectivity index (χ4v) is 2.56. The number of hydrogen-bond donors (Lipinski definition) is 1. The molecule has 0 amide bonds. The van der Waals surface area contributed by atoms with Gasteiger partial charge in [0.25, 0.3) is 0 Å². The maximum atomic E-state index is 13.8. The van der Waals surface area contributed by atoms with Gasteiger partial charge in [-0.15, -0.1) is 0 Å². The molecule has 1 unspecified atom stereocenters. The molecular weight excluding hydrogens is 305 g/mol. The van der Waals surface area contributed by atoms with Gasteiger partial charge in [0.2, 0.25) is 0 Å². The van der Waals surface area contributed by atoms with E-state index in [1.165, 1.54) is 20.3 Å². The summed E-state index contributed by atoms with van der Waals surface area (Å²) in [5.41, 5.74) is 0.640. The highest BCUT2D eigenvalue weighted by atomic mass is 79.9. The van der Waals surface area contributed by atoms with Crippen LogP contribution in [0.15, 0.2) is 10.5 Å². The van der Waals surface area contributed by atoms with Crippen LogP contribution in [0.3, 0.4) is 0 Å². The van der Waals surface area contributed by atoms with E-state index in [-0.39, 0.29) is 6.10 Å². The Morgan fingerprint density at radius 1 is 1.44 bits per heavy atom. The maximum Gasteiger partial charge on any atom is 0.167 e. The van der Waals surface area contributed by atoms with Crippen LogP contribution < -0.4 is 14.8 Å². The van der Waals surface area contributed by atoms with Gasteiger partial charge in [0.05, 0.1) is 31.4 Å². The third kappa shape index (κ3) is 2.46. The Bertz CT molecular complexity index is 436. The molecular formula is C12H15BrFNO3. The predicted molar refractivity (Wildman–Crippen MR) is 68.8 cm³/mol.